The van der Waals surface area contributed by atoms with Gasteiger partial charge >= 0.3 is 0 Å². The minimum absolute atomic E-state index is 0.913. The van der Waals surface area contributed by atoms with Gasteiger partial charge in [0.2, 0.25) is 0 Å². The van der Waals surface area contributed by atoms with Crippen LogP contribution in [0.2, 0.25) is 0 Å². The molecular weight excluding hydrogens is 1780 g/mol. The van der Waals surface area contributed by atoms with Crippen LogP contribution in [0.15, 0.2) is 623 Å². The average molecular weight is 1880 g/mol. The fraction of sp³-hybridized carbons (Fsp3) is 0. The molecule has 1 aromatic heterocycles. The van der Waals surface area contributed by atoms with E-state index in [1.807, 2.05) is 12.1 Å². The van der Waals surface area contributed by atoms with Gasteiger partial charge in [0.25, 0.3) is 0 Å². The van der Waals surface area contributed by atoms with Gasteiger partial charge in [0.15, 0.2) is 8.07 Å². The van der Waals surface area contributed by atoms with Gasteiger partial charge in [-0.2, -0.15) is 0 Å². The summed E-state index contributed by atoms with van der Waals surface area (Å²) in [7, 11) is -2.58. The van der Waals surface area contributed by atoms with Crippen molar-refractivity contribution in [2.24, 2.45) is 0 Å². The number of para-hydroxylation sites is 4. The van der Waals surface area contributed by atoms with Crippen LogP contribution in [-0.4, -0.2) is 8.07 Å². The molecule has 25 aromatic rings. The second-order valence-corrected chi connectivity index (χ2v) is 40.4. The minimum Gasteiger partial charge on any atom is -0.455 e. The predicted molar refractivity (Wildman–Crippen MR) is 622 cm³/mol. The molecule has 0 spiro atoms. The van der Waals surface area contributed by atoms with E-state index in [-0.39, 0.29) is 0 Å². The zero-order valence-corrected chi connectivity index (χ0v) is 81.6. The Kier molecular flexibility index (Phi) is 26.3. The highest BCUT2D eigenvalue weighted by molar-refractivity contribution is 7.19. The summed E-state index contributed by atoms with van der Waals surface area (Å²) in [5.74, 6) is 0. The first-order valence-corrected chi connectivity index (χ1v) is 51.9. The van der Waals surface area contributed by atoms with Gasteiger partial charge in [-0.1, -0.05) is 479 Å². The molecule has 0 unspecified atom stereocenters. The van der Waals surface area contributed by atoms with Crippen molar-refractivity contribution in [1.82, 2.24) is 0 Å². The molecule has 5 nitrogen and oxygen atoms in total. The molecule has 146 heavy (non-hydrogen) atoms. The van der Waals surface area contributed by atoms with E-state index in [1.54, 1.807) is 0 Å². The van der Waals surface area contributed by atoms with Gasteiger partial charge in [-0.05, 0) is 243 Å². The Balaban J connectivity index is 0.000000122. The Hall–Kier alpha value is -19.0. The van der Waals surface area contributed by atoms with Crippen molar-refractivity contribution in [1.29, 1.82) is 0 Å². The lowest BCUT2D eigenvalue weighted by atomic mass is 10.0. The summed E-state index contributed by atoms with van der Waals surface area (Å²) in [6.07, 6.45) is 0. The molecule has 0 aliphatic heterocycles. The van der Waals surface area contributed by atoms with Crippen LogP contribution in [-0.2, 0) is 0 Å². The van der Waals surface area contributed by atoms with Gasteiger partial charge in [-0.25, -0.2) is 0 Å². The molecule has 1 heterocycles. The van der Waals surface area contributed by atoms with Crippen molar-refractivity contribution in [3.05, 3.63) is 619 Å². The fourth-order valence-corrected chi connectivity index (χ4v) is 25.3. The normalized spacial score (nSPS) is 11.2. The highest BCUT2D eigenvalue weighted by Gasteiger charge is 2.41. The van der Waals surface area contributed by atoms with Crippen LogP contribution < -0.4 is 40.3 Å². The smallest absolute Gasteiger partial charge is 0.179 e. The molecule has 0 atom stereocenters. The lowest BCUT2D eigenvalue weighted by molar-refractivity contribution is 0.670. The van der Waals surface area contributed by atoms with Gasteiger partial charge in [-0.3, -0.25) is 0 Å². The second-order valence-electron chi connectivity index (χ2n) is 36.6. The third-order valence-electron chi connectivity index (χ3n) is 27.8. The van der Waals surface area contributed by atoms with Crippen LogP contribution in [0.25, 0.3) is 121 Å². The maximum Gasteiger partial charge on any atom is 0.179 e. The van der Waals surface area contributed by atoms with Crippen LogP contribution in [0.3, 0.4) is 0 Å². The van der Waals surface area contributed by atoms with Gasteiger partial charge in [0, 0.05) is 84.0 Å². The van der Waals surface area contributed by atoms with Crippen molar-refractivity contribution >= 4 is 141 Å². The highest BCUT2D eigenvalue weighted by Crippen LogP contribution is 2.46. The molecule has 0 fully saturated rings. The number of fused-ring (bicyclic) bond motifs is 5. The summed E-state index contributed by atoms with van der Waals surface area (Å²) >= 11 is 0. The van der Waals surface area contributed by atoms with Crippen molar-refractivity contribution < 1.29 is 4.42 Å². The van der Waals surface area contributed by atoms with E-state index in [2.05, 4.69) is 626 Å². The summed E-state index contributed by atoms with van der Waals surface area (Å²) in [4.78, 5) is 9.35. The molecule has 25 rings (SSSR count). The number of furan rings is 1. The quantitative estimate of drug-likeness (QED) is 0.0470. The summed E-state index contributed by atoms with van der Waals surface area (Å²) < 4.78 is 6.34. The van der Waals surface area contributed by atoms with Gasteiger partial charge in [-0.15, -0.1) is 0 Å². The molecule has 24 aromatic carbocycles. The van der Waals surface area contributed by atoms with E-state index >= 15 is 0 Å². The van der Waals surface area contributed by atoms with E-state index in [1.165, 1.54) is 109 Å². The number of benzene rings is 24. The molecule has 0 amide bonds. The number of hydrogen-bond acceptors (Lipinski definition) is 5. The summed E-state index contributed by atoms with van der Waals surface area (Å²) in [5, 5.41) is 12.7. The molecule has 0 bridgehead atoms. The monoisotopic (exact) mass is 1880 g/mol. The first-order valence-electron chi connectivity index (χ1n) is 49.9. The standard InChI is InChI=1S/C54H41NSi.C44H32N2.C42H29NO/c1-6-16-42(17-7-1)44-26-34-48(35-27-44)55(49-36-28-45(29-37-49)43-18-8-2-9-19-43)50-38-30-46(31-39-50)47-32-40-54(41-33-47)56(51-20-10-3-11-21-51,52-22-12-4-13-23-52)53-24-14-5-15-25-53;1-3-17-37(18-4-1)45(43-23-11-15-35-13-7-9-21-41(35)43)39-29-25-33(26-30-39)34-27-31-40(32-28-34)46(38-19-5-2-6-20-38)44-24-12-16-36-14-8-10-22-42(36)44;1-3-10-30(11-4-1)32-18-24-35(25-19-32)43(36-26-20-33(21-27-36)31-12-5-2-6-13-31)37-28-22-34(23-29-37)38-15-9-16-40-39-14-7-8-17-41(39)44-42(38)40/h1-41H;1-32H;1-29H. The van der Waals surface area contributed by atoms with Crippen LogP contribution in [0.5, 0.6) is 0 Å². The number of nitrogens with zero attached hydrogens (tertiary/aromatic N) is 4. The molecule has 0 N–H and O–H groups in total. The lowest BCUT2D eigenvalue weighted by Gasteiger charge is -2.34. The Morgan fingerprint density at radius 1 is 0.130 bits per heavy atom. The molecule has 0 radical (unpaired) electrons. The average Bonchev–Trinajstić information content (AvgIpc) is 0.869. The number of hydrogen-bond donors (Lipinski definition) is 0. The summed E-state index contributed by atoms with van der Waals surface area (Å²) in [6, 6.07) is 222. The predicted octanol–water partition coefficient (Wildman–Crippen LogP) is 36.2. The molecule has 0 saturated heterocycles. The number of rotatable bonds is 23. The van der Waals surface area contributed by atoms with E-state index < -0.39 is 8.07 Å². The minimum atomic E-state index is -2.58. The third kappa shape index (κ3) is 19.0. The molecule has 0 aliphatic carbocycles. The zero-order valence-electron chi connectivity index (χ0n) is 80.6. The van der Waals surface area contributed by atoms with Crippen LogP contribution >= 0.6 is 0 Å². The maximum atomic E-state index is 6.34. The first-order chi connectivity index (χ1) is 72.4. The van der Waals surface area contributed by atoms with Crippen molar-refractivity contribution in [3.8, 4) is 77.9 Å². The SMILES string of the molecule is c1ccc(-c2ccc(N(c3ccc(-c4ccccc4)cc3)c3ccc(-c4ccc([Si](c5ccccc5)(c5ccccc5)c5ccccc5)cc4)cc3)cc2)cc1.c1ccc(-c2ccc(N(c3ccc(-c4ccccc4)cc3)c3ccc(-c4cccc5c4oc4ccccc45)cc3)cc2)cc1.c1ccc(N(c2ccc(-c3ccc(N(c4ccccc4)c4cccc5ccccc45)cc3)cc2)c2cccc3ccccc23)cc1. The topological polar surface area (TPSA) is 26.1 Å². The van der Waals surface area contributed by atoms with E-state index in [0.717, 1.165) is 101 Å². The Morgan fingerprint density at radius 3 is 0.644 bits per heavy atom. The van der Waals surface area contributed by atoms with Gasteiger partial charge < -0.3 is 24.0 Å². The first kappa shape index (κ1) is 90.8. The molecule has 0 aliphatic rings. The Bertz CT molecular complexity index is 8220. The summed E-state index contributed by atoms with van der Waals surface area (Å²) in [5.41, 5.74) is 31.9. The highest BCUT2D eigenvalue weighted by atomic mass is 28.3. The Labute approximate surface area is 855 Å². The van der Waals surface area contributed by atoms with E-state index in [4.69, 9.17) is 4.42 Å². The van der Waals surface area contributed by atoms with Crippen molar-refractivity contribution in [2.45, 2.75) is 0 Å². The molecule has 0 saturated carbocycles. The molecule has 6 heteroatoms. The van der Waals surface area contributed by atoms with Gasteiger partial charge in [0.1, 0.15) is 11.2 Å². The van der Waals surface area contributed by atoms with Crippen molar-refractivity contribution in [3.63, 3.8) is 0 Å². The van der Waals surface area contributed by atoms with Crippen LogP contribution in [0.4, 0.5) is 68.2 Å². The Morgan fingerprint density at radius 2 is 0.336 bits per heavy atom. The van der Waals surface area contributed by atoms with Crippen molar-refractivity contribution in [2.75, 3.05) is 19.6 Å². The van der Waals surface area contributed by atoms with Crippen LogP contribution in [0, 0.1) is 0 Å². The molecule has 692 valence electrons. The number of anilines is 12. The van der Waals surface area contributed by atoms with Gasteiger partial charge in [0.05, 0.1) is 11.4 Å². The fourth-order valence-electron chi connectivity index (χ4n) is 20.6. The third-order valence-corrected chi connectivity index (χ3v) is 32.6. The van der Waals surface area contributed by atoms with E-state index in [9.17, 15) is 0 Å². The lowest BCUT2D eigenvalue weighted by Crippen LogP contribution is -2.74. The maximum absolute atomic E-state index is 6.34. The van der Waals surface area contributed by atoms with E-state index in [0.29, 0.717) is 0 Å². The largest absolute Gasteiger partial charge is 0.455 e. The zero-order chi connectivity index (χ0) is 97.6. The summed E-state index contributed by atoms with van der Waals surface area (Å²) in [6.45, 7) is 0. The van der Waals surface area contributed by atoms with Crippen LogP contribution in [0.1, 0.15) is 0 Å². The second kappa shape index (κ2) is 42.2. The molecular formula is C140H102N4OSi.